The molecule has 0 aliphatic rings. The molecule has 1 heterocycles. The molecule has 1 amide bonds. The van der Waals surface area contributed by atoms with E-state index >= 15 is 0 Å². The number of benzene rings is 1. The Bertz CT molecular complexity index is 608. The van der Waals surface area contributed by atoms with E-state index in [-0.39, 0.29) is 24.5 Å². The molecular formula is C16H17NO3S. The zero-order valence-electron chi connectivity index (χ0n) is 11.8. The zero-order valence-corrected chi connectivity index (χ0v) is 12.6. The van der Waals surface area contributed by atoms with Crippen molar-refractivity contribution in [1.82, 2.24) is 0 Å². The summed E-state index contributed by atoms with van der Waals surface area (Å²) in [5.74, 6) is 0.447. The van der Waals surface area contributed by atoms with Crippen molar-refractivity contribution >= 4 is 28.7 Å². The minimum Gasteiger partial charge on any atom is -0.492 e. The molecule has 0 bridgehead atoms. The lowest BCUT2D eigenvalue weighted by molar-refractivity contribution is -0.116. The van der Waals surface area contributed by atoms with Crippen LogP contribution in [-0.2, 0) is 4.79 Å². The lowest BCUT2D eigenvalue weighted by Crippen LogP contribution is -2.14. The molecule has 1 aromatic heterocycles. The molecule has 2 rings (SSSR count). The topological polar surface area (TPSA) is 55.4 Å². The summed E-state index contributed by atoms with van der Waals surface area (Å²) in [4.78, 5) is 24.5. The van der Waals surface area contributed by atoms with Crippen LogP contribution in [0.1, 0.15) is 29.4 Å². The van der Waals surface area contributed by atoms with Gasteiger partial charge in [0.15, 0.2) is 5.78 Å². The van der Waals surface area contributed by atoms with Crippen molar-refractivity contribution in [2.75, 3.05) is 11.9 Å². The van der Waals surface area contributed by atoms with Crippen molar-refractivity contribution in [2.24, 2.45) is 0 Å². The molecule has 1 aromatic carbocycles. The molecule has 0 aliphatic carbocycles. The molecule has 2 aromatic rings. The summed E-state index contributed by atoms with van der Waals surface area (Å²) in [7, 11) is 0. The second-order valence-electron chi connectivity index (χ2n) is 4.38. The number of nitrogens with one attached hydrogen (secondary N) is 1. The van der Waals surface area contributed by atoms with Crippen LogP contribution in [0.25, 0.3) is 0 Å². The van der Waals surface area contributed by atoms with E-state index in [0.717, 1.165) is 0 Å². The number of amides is 1. The standard InChI is InChI=1S/C16H17NO3S/c1-2-20-14-7-4-3-6-12(14)17-16(19)10-9-13(18)15-8-5-11-21-15/h3-8,11H,2,9-10H2,1H3,(H,17,19). The van der Waals surface area contributed by atoms with Gasteiger partial charge in [0.25, 0.3) is 0 Å². The van der Waals surface area contributed by atoms with E-state index in [1.165, 1.54) is 11.3 Å². The highest BCUT2D eigenvalue weighted by molar-refractivity contribution is 7.12. The number of carbonyl (C=O) groups is 2. The maximum Gasteiger partial charge on any atom is 0.224 e. The van der Waals surface area contributed by atoms with Crippen LogP contribution in [0.2, 0.25) is 0 Å². The van der Waals surface area contributed by atoms with Gasteiger partial charge in [0.1, 0.15) is 5.75 Å². The van der Waals surface area contributed by atoms with Crippen molar-refractivity contribution in [3.05, 3.63) is 46.7 Å². The number of hydrogen-bond donors (Lipinski definition) is 1. The average molecular weight is 303 g/mol. The molecule has 5 heteroatoms. The van der Waals surface area contributed by atoms with Gasteiger partial charge in [-0.1, -0.05) is 18.2 Å². The van der Waals surface area contributed by atoms with Gasteiger partial charge in [0.2, 0.25) is 5.91 Å². The quantitative estimate of drug-likeness (QED) is 0.793. The van der Waals surface area contributed by atoms with E-state index < -0.39 is 0 Å². The molecule has 110 valence electrons. The Hall–Kier alpha value is -2.14. The molecule has 21 heavy (non-hydrogen) atoms. The Morgan fingerprint density at radius 3 is 2.67 bits per heavy atom. The number of thiophene rings is 1. The van der Waals surface area contributed by atoms with Crippen molar-refractivity contribution in [3.8, 4) is 5.75 Å². The first kappa shape index (κ1) is 15.3. The van der Waals surface area contributed by atoms with E-state index in [0.29, 0.717) is 22.9 Å². The van der Waals surface area contributed by atoms with Gasteiger partial charge in [-0.15, -0.1) is 11.3 Å². The number of rotatable bonds is 7. The Kier molecular flexibility index (Phi) is 5.51. The molecule has 1 N–H and O–H groups in total. The third-order valence-electron chi connectivity index (χ3n) is 2.84. The van der Waals surface area contributed by atoms with Gasteiger partial charge in [0.05, 0.1) is 17.2 Å². The van der Waals surface area contributed by atoms with Gasteiger partial charge >= 0.3 is 0 Å². The molecule has 0 spiro atoms. The summed E-state index contributed by atoms with van der Waals surface area (Å²) in [6.45, 7) is 2.42. The van der Waals surface area contributed by atoms with E-state index in [4.69, 9.17) is 4.74 Å². The molecule has 0 unspecified atom stereocenters. The lowest BCUT2D eigenvalue weighted by Gasteiger charge is -2.10. The monoisotopic (exact) mass is 303 g/mol. The molecule has 4 nitrogen and oxygen atoms in total. The Morgan fingerprint density at radius 1 is 1.14 bits per heavy atom. The van der Waals surface area contributed by atoms with E-state index in [9.17, 15) is 9.59 Å². The Balaban J connectivity index is 1.89. The summed E-state index contributed by atoms with van der Waals surface area (Å²) < 4.78 is 5.44. The van der Waals surface area contributed by atoms with Crippen molar-refractivity contribution in [2.45, 2.75) is 19.8 Å². The fourth-order valence-corrected chi connectivity index (χ4v) is 2.55. The van der Waals surface area contributed by atoms with Gasteiger partial charge in [-0.3, -0.25) is 9.59 Å². The number of Topliss-reactive ketones (excluding diaryl/α,β-unsaturated/α-hetero) is 1. The smallest absolute Gasteiger partial charge is 0.224 e. The van der Waals surface area contributed by atoms with Crippen LogP contribution in [0.4, 0.5) is 5.69 Å². The fourth-order valence-electron chi connectivity index (χ4n) is 1.85. The molecule has 0 saturated carbocycles. The first-order chi connectivity index (χ1) is 10.2. The number of hydrogen-bond acceptors (Lipinski definition) is 4. The first-order valence-electron chi connectivity index (χ1n) is 6.79. The Morgan fingerprint density at radius 2 is 1.95 bits per heavy atom. The number of ketones is 1. The van der Waals surface area contributed by atoms with E-state index in [1.807, 2.05) is 30.5 Å². The maximum atomic E-state index is 11.9. The van der Waals surface area contributed by atoms with Crippen molar-refractivity contribution in [1.29, 1.82) is 0 Å². The summed E-state index contributed by atoms with van der Waals surface area (Å²) in [6, 6.07) is 10.9. The van der Waals surface area contributed by atoms with Crippen LogP contribution in [-0.4, -0.2) is 18.3 Å². The minimum atomic E-state index is -0.188. The minimum absolute atomic E-state index is 0.00163. The summed E-state index contributed by atoms with van der Waals surface area (Å²) in [5.41, 5.74) is 0.632. The number of para-hydroxylation sites is 2. The van der Waals surface area contributed by atoms with Crippen molar-refractivity contribution < 1.29 is 14.3 Å². The normalized spacial score (nSPS) is 10.1. The third kappa shape index (κ3) is 4.43. The second-order valence-corrected chi connectivity index (χ2v) is 5.33. The number of carbonyl (C=O) groups excluding carboxylic acids is 2. The SMILES string of the molecule is CCOc1ccccc1NC(=O)CCC(=O)c1cccs1. The van der Waals surface area contributed by atoms with Gasteiger partial charge in [-0.05, 0) is 30.5 Å². The highest BCUT2D eigenvalue weighted by Crippen LogP contribution is 2.24. The lowest BCUT2D eigenvalue weighted by atomic mass is 10.2. The highest BCUT2D eigenvalue weighted by Gasteiger charge is 2.11. The van der Waals surface area contributed by atoms with Crippen molar-refractivity contribution in [3.63, 3.8) is 0 Å². The summed E-state index contributed by atoms with van der Waals surface area (Å²) in [6.07, 6.45) is 0.375. The van der Waals surface area contributed by atoms with Gasteiger partial charge in [-0.2, -0.15) is 0 Å². The summed E-state index contributed by atoms with van der Waals surface area (Å²) >= 11 is 1.39. The highest BCUT2D eigenvalue weighted by atomic mass is 32.1. The van der Waals surface area contributed by atoms with Gasteiger partial charge < -0.3 is 10.1 Å². The molecule has 0 atom stereocenters. The number of anilines is 1. The fraction of sp³-hybridized carbons (Fsp3) is 0.250. The van der Waals surface area contributed by atoms with Crippen LogP contribution in [0.5, 0.6) is 5.75 Å². The predicted molar refractivity (Wildman–Crippen MR) is 84.1 cm³/mol. The molecule has 0 fully saturated rings. The third-order valence-corrected chi connectivity index (χ3v) is 3.75. The van der Waals surface area contributed by atoms with E-state index in [1.54, 1.807) is 18.2 Å². The molecule has 0 saturated heterocycles. The molecular weight excluding hydrogens is 286 g/mol. The van der Waals surface area contributed by atoms with Crippen LogP contribution < -0.4 is 10.1 Å². The molecule has 0 aliphatic heterocycles. The average Bonchev–Trinajstić information content (AvgIpc) is 3.01. The predicted octanol–water partition coefficient (Wildman–Crippen LogP) is 3.75. The van der Waals surface area contributed by atoms with Crippen LogP contribution in [0.3, 0.4) is 0 Å². The largest absolute Gasteiger partial charge is 0.492 e. The zero-order chi connectivity index (χ0) is 15.1. The van der Waals surface area contributed by atoms with Crippen LogP contribution in [0, 0.1) is 0 Å². The van der Waals surface area contributed by atoms with E-state index in [2.05, 4.69) is 5.32 Å². The Labute approximate surface area is 127 Å². The number of ether oxygens (including phenoxy) is 1. The summed E-state index contributed by atoms with van der Waals surface area (Å²) in [5, 5.41) is 4.64. The van der Waals surface area contributed by atoms with Gasteiger partial charge in [-0.25, -0.2) is 0 Å². The first-order valence-corrected chi connectivity index (χ1v) is 7.67. The second kappa shape index (κ2) is 7.59. The van der Waals surface area contributed by atoms with Gasteiger partial charge in [0, 0.05) is 12.8 Å². The van der Waals surface area contributed by atoms with Crippen LogP contribution in [0.15, 0.2) is 41.8 Å². The van der Waals surface area contributed by atoms with Crippen LogP contribution >= 0.6 is 11.3 Å². The maximum absolute atomic E-state index is 11.9. The molecule has 0 radical (unpaired) electrons.